The highest BCUT2D eigenvalue weighted by atomic mass is 19.1. The van der Waals surface area contributed by atoms with E-state index in [9.17, 15) is 13.6 Å². The van der Waals surface area contributed by atoms with Crippen molar-refractivity contribution in [2.24, 2.45) is 0 Å². The van der Waals surface area contributed by atoms with Crippen molar-refractivity contribution in [3.63, 3.8) is 0 Å². The Kier molecular flexibility index (Phi) is 4.55. The Bertz CT molecular complexity index is 851. The maximum atomic E-state index is 13.5. The molecule has 0 aliphatic heterocycles. The predicted molar refractivity (Wildman–Crippen MR) is 81.5 cm³/mol. The van der Waals surface area contributed by atoms with Crippen LogP contribution in [0.4, 0.5) is 8.78 Å². The van der Waals surface area contributed by atoms with Crippen molar-refractivity contribution in [3.8, 4) is 11.4 Å². The van der Waals surface area contributed by atoms with Gasteiger partial charge in [0.2, 0.25) is 5.91 Å². The van der Waals surface area contributed by atoms with Crippen molar-refractivity contribution in [2.75, 3.05) is 0 Å². The molecule has 0 saturated heterocycles. The zero-order valence-corrected chi connectivity index (χ0v) is 12.5. The number of pyridine rings is 1. The smallest absolute Gasteiger partial charge is 0.224 e. The van der Waals surface area contributed by atoms with E-state index in [1.807, 2.05) is 6.07 Å². The van der Waals surface area contributed by atoms with E-state index < -0.39 is 17.5 Å². The molecule has 1 aromatic carbocycles. The maximum absolute atomic E-state index is 13.5. The molecular weight excluding hydrogens is 316 g/mol. The summed E-state index contributed by atoms with van der Waals surface area (Å²) in [5.74, 6) is -0.900. The molecule has 6 nitrogen and oxygen atoms in total. The van der Waals surface area contributed by atoms with E-state index in [0.717, 1.165) is 17.7 Å². The van der Waals surface area contributed by atoms with Crippen molar-refractivity contribution in [1.82, 2.24) is 25.5 Å². The summed E-state index contributed by atoms with van der Waals surface area (Å²) >= 11 is 0. The molecule has 0 aliphatic carbocycles. The molecule has 0 bridgehead atoms. The molecule has 8 heteroatoms. The predicted octanol–water partition coefficient (Wildman–Crippen LogP) is 2.00. The van der Waals surface area contributed by atoms with Crippen LogP contribution in [0.25, 0.3) is 11.4 Å². The van der Waals surface area contributed by atoms with E-state index in [2.05, 4.69) is 25.5 Å². The molecule has 2 aromatic heterocycles. The largest absolute Gasteiger partial charge is 0.349 e. The Hall–Kier alpha value is -3.16. The average Bonchev–Trinajstić information content (AvgIpc) is 3.05. The molecule has 24 heavy (non-hydrogen) atoms. The highest BCUT2D eigenvalue weighted by molar-refractivity contribution is 5.78. The van der Waals surface area contributed by atoms with Gasteiger partial charge in [0.1, 0.15) is 17.5 Å². The summed E-state index contributed by atoms with van der Waals surface area (Å²) in [7, 11) is 0. The summed E-state index contributed by atoms with van der Waals surface area (Å²) in [5.41, 5.74) is 0.877. The fraction of sp³-hybridized carbons (Fsp3) is 0.125. The molecule has 0 aliphatic rings. The number of halogens is 2. The number of rotatable bonds is 5. The van der Waals surface area contributed by atoms with Crippen LogP contribution in [0.3, 0.4) is 0 Å². The van der Waals surface area contributed by atoms with Gasteiger partial charge in [-0.05, 0) is 23.8 Å². The van der Waals surface area contributed by atoms with Gasteiger partial charge in [0.05, 0.1) is 13.0 Å². The minimum Gasteiger partial charge on any atom is -0.349 e. The van der Waals surface area contributed by atoms with Gasteiger partial charge in [-0.2, -0.15) is 5.10 Å². The van der Waals surface area contributed by atoms with Crippen molar-refractivity contribution in [3.05, 3.63) is 65.7 Å². The van der Waals surface area contributed by atoms with Gasteiger partial charge in [-0.3, -0.25) is 14.9 Å². The number of aromatic amines is 1. The van der Waals surface area contributed by atoms with Gasteiger partial charge in [0.25, 0.3) is 0 Å². The Morgan fingerprint density at radius 1 is 1.25 bits per heavy atom. The lowest BCUT2D eigenvalue weighted by Crippen LogP contribution is -2.25. The van der Waals surface area contributed by atoms with Crippen LogP contribution in [0.2, 0.25) is 0 Å². The number of amides is 1. The number of nitrogens with zero attached hydrogens (tertiary/aromatic N) is 3. The summed E-state index contributed by atoms with van der Waals surface area (Å²) in [6.45, 7) is 0.120. The number of H-pyrrole nitrogens is 1. The second-order valence-electron chi connectivity index (χ2n) is 5.04. The van der Waals surface area contributed by atoms with E-state index in [0.29, 0.717) is 11.6 Å². The van der Waals surface area contributed by atoms with E-state index in [4.69, 9.17) is 0 Å². The van der Waals surface area contributed by atoms with Crippen LogP contribution in [-0.4, -0.2) is 26.1 Å². The van der Waals surface area contributed by atoms with Gasteiger partial charge in [0, 0.05) is 24.0 Å². The molecule has 3 rings (SSSR count). The van der Waals surface area contributed by atoms with Crippen LogP contribution < -0.4 is 5.32 Å². The highest BCUT2D eigenvalue weighted by Crippen LogP contribution is 2.12. The van der Waals surface area contributed by atoms with Gasteiger partial charge >= 0.3 is 0 Å². The van der Waals surface area contributed by atoms with Crippen molar-refractivity contribution in [2.45, 2.75) is 13.0 Å². The topological polar surface area (TPSA) is 83.6 Å². The van der Waals surface area contributed by atoms with Crippen molar-refractivity contribution >= 4 is 5.91 Å². The lowest BCUT2D eigenvalue weighted by molar-refractivity contribution is -0.120. The van der Waals surface area contributed by atoms with Gasteiger partial charge in [0.15, 0.2) is 5.82 Å². The van der Waals surface area contributed by atoms with Crippen LogP contribution in [-0.2, 0) is 17.8 Å². The number of hydrogen-bond acceptors (Lipinski definition) is 4. The summed E-state index contributed by atoms with van der Waals surface area (Å²) < 4.78 is 26.3. The standard InChI is InChI=1S/C16H13F2N5O/c17-12-4-3-10(13(18)7-12)6-15(24)20-9-14-21-16(23-22-14)11-2-1-5-19-8-11/h1-5,7-8H,6,9H2,(H,20,24)(H,21,22,23). The fourth-order valence-electron chi connectivity index (χ4n) is 2.08. The molecule has 0 atom stereocenters. The number of carbonyl (C=O) groups is 1. The number of aromatic nitrogens is 4. The van der Waals surface area contributed by atoms with E-state index in [-0.39, 0.29) is 18.5 Å². The third-order valence-electron chi connectivity index (χ3n) is 3.27. The first kappa shape index (κ1) is 15.7. The minimum atomic E-state index is -0.747. The van der Waals surface area contributed by atoms with E-state index in [1.165, 1.54) is 6.07 Å². The molecular formula is C16H13F2N5O. The van der Waals surface area contributed by atoms with Gasteiger partial charge in [-0.25, -0.2) is 13.8 Å². The molecule has 0 spiro atoms. The van der Waals surface area contributed by atoms with Gasteiger partial charge in [-0.1, -0.05) is 6.07 Å². The fourth-order valence-corrected chi connectivity index (χ4v) is 2.08. The highest BCUT2D eigenvalue weighted by Gasteiger charge is 2.11. The van der Waals surface area contributed by atoms with Gasteiger partial charge in [-0.15, -0.1) is 0 Å². The molecule has 2 N–H and O–H groups in total. The molecule has 3 aromatic rings. The summed E-state index contributed by atoms with van der Waals surface area (Å²) in [5, 5.41) is 9.36. The first-order chi connectivity index (χ1) is 11.6. The van der Waals surface area contributed by atoms with Gasteiger partial charge < -0.3 is 5.32 Å². The summed E-state index contributed by atoms with van der Waals surface area (Å²) in [6, 6.07) is 6.70. The normalized spacial score (nSPS) is 10.6. The molecule has 0 saturated carbocycles. The first-order valence-electron chi connectivity index (χ1n) is 7.14. The van der Waals surface area contributed by atoms with Crippen molar-refractivity contribution in [1.29, 1.82) is 0 Å². The zero-order valence-electron chi connectivity index (χ0n) is 12.5. The Balaban J connectivity index is 1.58. The second kappa shape index (κ2) is 6.95. The Labute approximate surface area is 136 Å². The number of nitrogens with one attached hydrogen (secondary N) is 2. The van der Waals surface area contributed by atoms with Crippen LogP contribution in [0, 0.1) is 11.6 Å². The lowest BCUT2D eigenvalue weighted by Gasteiger charge is -2.04. The Morgan fingerprint density at radius 2 is 2.12 bits per heavy atom. The van der Waals surface area contributed by atoms with Crippen LogP contribution in [0.1, 0.15) is 11.4 Å². The zero-order chi connectivity index (χ0) is 16.9. The Morgan fingerprint density at radius 3 is 2.88 bits per heavy atom. The number of benzene rings is 1. The maximum Gasteiger partial charge on any atom is 0.224 e. The van der Waals surface area contributed by atoms with Crippen LogP contribution in [0.15, 0.2) is 42.7 Å². The first-order valence-corrected chi connectivity index (χ1v) is 7.14. The third kappa shape index (κ3) is 3.78. The molecule has 0 fully saturated rings. The second-order valence-corrected chi connectivity index (χ2v) is 5.04. The van der Waals surface area contributed by atoms with Crippen LogP contribution >= 0.6 is 0 Å². The molecule has 2 heterocycles. The molecule has 1 amide bonds. The minimum absolute atomic E-state index is 0.120. The lowest BCUT2D eigenvalue weighted by atomic mass is 10.1. The van der Waals surface area contributed by atoms with Crippen LogP contribution in [0.5, 0.6) is 0 Å². The van der Waals surface area contributed by atoms with E-state index in [1.54, 1.807) is 18.5 Å². The molecule has 0 unspecified atom stereocenters. The summed E-state index contributed by atoms with van der Waals surface area (Å²) in [4.78, 5) is 20.1. The third-order valence-corrected chi connectivity index (χ3v) is 3.27. The monoisotopic (exact) mass is 329 g/mol. The van der Waals surface area contributed by atoms with E-state index >= 15 is 0 Å². The number of hydrogen-bond donors (Lipinski definition) is 2. The SMILES string of the molecule is O=C(Cc1ccc(F)cc1F)NCc1nc(-c2cccnc2)n[nH]1. The average molecular weight is 329 g/mol. The molecule has 122 valence electrons. The molecule has 0 radical (unpaired) electrons. The summed E-state index contributed by atoms with van der Waals surface area (Å²) in [6.07, 6.45) is 3.09. The van der Waals surface area contributed by atoms with Crippen molar-refractivity contribution < 1.29 is 13.6 Å². The number of carbonyl (C=O) groups excluding carboxylic acids is 1. The quantitative estimate of drug-likeness (QED) is 0.750.